The van der Waals surface area contributed by atoms with Crippen molar-refractivity contribution in [2.45, 2.75) is 42.1 Å². The summed E-state index contributed by atoms with van der Waals surface area (Å²) in [6.45, 7) is 6.81. The molecule has 8 heteroatoms. The smallest absolute Gasteiger partial charge is 0.175 e. The van der Waals surface area contributed by atoms with Crippen LogP contribution in [0.5, 0.6) is 0 Å². The van der Waals surface area contributed by atoms with Gasteiger partial charge in [-0.25, -0.2) is 4.98 Å². The van der Waals surface area contributed by atoms with Gasteiger partial charge in [0.15, 0.2) is 8.68 Å². The number of thioether (sulfide) groups is 2. The normalized spacial score (nSPS) is 12.8. The molecule has 128 valence electrons. The van der Waals surface area contributed by atoms with E-state index in [9.17, 15) is 5.11 Å². The first-order valence-corrected chi connectivity index (χ1v) is 10.5. The summed E-state index contributed by atoms with van der Waals surface area (Å²) in [5.41, 5.74) is 4.52. The molecule has 2 aromatic heterocycles. The Morgan fingerprint density at radius 1 is 1.17 bits per heavy atom. The maximum atomic E-state index is 10.4. The van der Waals surface area contributed by atoms with E-state index in [-0.39, 0.29) is 0 Å². The number of hydrogen-bond acceptors (Lipinski definition) is 7. The summed E-state index contributed by atoms with van der Waals surface area (Å²) < 4.78 is 3.92. The zero-order chi connectivity index (χ0) is 17.1. The molecule has 3 aromatic rings. The average molecular weight is 381 g/mol. The molecule has 0 saturated carbocycles. The third-order valence-corrected chi connectivity index (χ3v) is 6.92. The Hall–Kier alpha value is -1.09. The first-order valence-electron chi connectivity index (χ1n) is 7.76. The third kappa shape index (κ3) is 4.11. The first-order chi connectivity index (χ1) is 11.6. The van der Waals surface area contributed by atoms with Gasteiger partial charge in [0, 0.05) is 5.75 Å². The van der Waals surface area contributed by atoms with Crippen molar-refractivity contribution in [2.75, 3.05) is 11.5 Å². The maximum Gasteiger partial charge on any atom is 0.175 e. The fourth-order valence-corrected chi connectivity index (χ4v) is 5.20. The molecule has 24 heavy (non-hydrogen) atoms. The maximum absolute atomic E-state index is 10.4. The predicted octanol–water partition coefficient (Wildman–Crippen LogP) is 3.77. The second kappa shape index (κ2) is 7.86. The number of nitrogens with zero attached hydrogens (tertiary/aromatic N) is 4. The molecule has 0 radical (unpaired) electrons. The monoisotopic (exact) mass is 380 g/mol. The Labute approximate surface area is 153 Å². The standard InChI is InChI=1S/C16H20N4OS3/c1-4-22-15-18-19-16(24-15)23-8-12(21)7-20-9-17-13-5-10(2)11(3)6-14(13)20/h5-6,9,12,21H,4,7-8H2,1-3H3. The van der Waals surface area contributed by atoms with E-state index >= 15 is 0 Å². The van der Waals surface area contributed by atoms with Gasteiger partial charge >= 0.3 is 0 Å². The van der Waals surface area contributed by atoms with E-state index in [4.69, 9.17) is 0 Å². The van der Waals surface area contributed by atoms with Crippen LogP contribution in [0.2, 0.25) is 0 Å². The molecule has 0 aliphatic rings. The molecule has 3 rings (SSSR count). The van der Waals surface area contributed by atoms with Crippen LogP contribution in [-0.4, -0.2) is 42.5 Å². The summed E-state index contributed by atoms with van der Waals surface area (Å²) in [5.74, 6) is 1.59. The molecule has 0 aliphatic carbocycles. The van der Waals surface area contributed by atoms with Crippen LogP contribution >= 0.6 is 34.9 Å². The molecule has 0 amide bonds. The van der Waals surface area contributed by atoms with Crippen molar-refractivity contribution >= 4 is 45.9 Å². The molecule has 0 bridgehead atoms. The van der Waals surface area contributed by atoms with Crippen LogP contribution in [0.4, 0.5) is 0 Å². The summed E-state index contributed by atoms with van der Waals surface area (Å²) in [6, 6.07) is 4.23. The highest BCUT2D eigenvalue weighted by atomic mass is 32.2. The number of hydrogen-bond donors (Lipinski definition) is 1. The van der Waals surface area contributed by atoms with Gasteiger partial charge in [0.2, 0.25) is 0 Å². The van der Waals surface area contributed by atoms with Crippen molar-refractivity contribution in [2.24, 2.45) is 0 Å². The summed E-state index contributed by atoms with van der Waals surface area (Å²) in [4.78, 5) is 4.44. The molecule has 0 aliphatic heterocycles. The lowest BCUT2D eigenvalue weighted by Gasteiger charge is -2.11. The average Bonchev–Trinajstić information content (AvgIpc) is 3.14. The van der Waals surface area contributed by atoms with Crippen molar-refractivity contribution < 1.29 is 5.11 Å². The molecule has 0 spiro atoms. The van der Waals surface area contributed by atoms with Crippen LogP contribution in [0.25, 0.3) is 11.0 Å². The van der Waals surface area contributed by atoms with Gasteiger partial charge in [0.1, 0.15) is 0 Å². The largest absolute Gasteiger partial charge is 0.390 e. The summed E-state index contributed by atoms with van der Waals surface area (Å²) >= 11 is 4.84. The zero-order valence-corrected chi connectivity index (χ0v) is 16.3. The topological polar surface area (TPSA) is 63.8 Å². The Kier molecular flexibility index (Phi) is 5.80. The van der Waals surface area contributed by atoms with Crippen molar-refractivity contribution in [3.63, 3.8) is 0 Å². The second-order valence-corrected chi connectivity index (χ2v) is 9.31. The first kappa shape index (κ1) is 17.7. The number of rotatable bonds is 7. The summed E-state index contributed by atoms with van der Waals surface area (Å²) in [6.07, 6.45) is 1.35. The number of benzene rings is 1. The third-order valence-electron chi connectivity index (χ3n) is 3.70. The van der Waals surface area contributed by atoms with Gasteiger partial charge < -0.3 is 9.67 Å². The van der Waals surface area contributed by atoms with Gasteiger partial charge in [-0.3, -0.25) is 0 Å². The molecule has 1 N–H and O–H groups in total. The van der Waals surface area contributed by atoms with Crippen molar-refractivity contribution in [1.29, 1.82) is 0 Å². The molecular formula is C16H20N4OS3. The van der Waals surface area contributed by atoms with Crippen LogP contribution in [0.3, 0.4) is 0 Å². The van der Waals surface area contributed by atoms with E-state index in [1.54, 1.807) is 41.2 Å². The SMILES string of the molecule is CCSc1nnc(SCC(O)Cn2cnc3cc(C)c(C)cc32)s1. The highest BCUT2D eigenvalue weighted by molar-refractivity contribution is 8.03. The zero-order valence-electron chi connectivity index (χ0n) is 13.9. The summed E-state index contributed by atoms with van der Waals surface area (Å²) in [5, 5.41) is 18.6. The van der Waals surface area contributed by atoms with E-state index in [1.165, 1.54) is 11.1 Å². The minimum atomic E-state index is -0.458. The van der Waals surface area contributed by atoms with Crippen molar-refractivity contribution in [3.05, 3.63) is 29.6 Å². The predicted molar refractivity (Wildman–Crippen MR) is 102 cm³/mol. The minimum Gasteiger partial charge on any atom is -0.390 e. The van der Waals surface area contributed by atoms with Gasteiger partial charge in [-0.05, 0) is 42.9 Å². The van der Waals surface area contributed by atoms with E-state index < -0.39 is 6.10 Å². The molecule has 2 heterocycles. The van der Waals surface area contributed by atoms with Crippen LogP contribution < -0.4 is 0 Å². The van der Waals surface area contributed by atoms with Gasteiger partial charge in [-0.1, -0.05) is 41.8 Å². The number of aliphatic hydroxyl groups is 1. The van der Waals surface area contributed by atoms with Crippen LogP contribution in [0, 0.1) is 13.8 Å². The number of aryl methyl sites for hydroxylation is 2. The van der Waals surface area contributed by atoms with Gasteiger partial charge in [-0.15, -0.1) is 10.2 Å². The van der Waals surface area contributed by atoms with Crippen LogP contribution in [-0.2, 0) is 6.54 Å². The van der Waals surface area contributed by atoms with Gasteiger partial charge in [0.05, 0.1) is 30.0 Å². The molecule has 1 unspecified atom stereocenters. The fourth-order valence-electron chi connectivity index (χ4n) is 2.34. The van der Waals surface area contributed by atoms with E-state index in [2.05, 4.69) is 48.1 Å². The molecule has 0 saturated heterocycles. The fraction of sp³-hybridized carbons (Fsp3) is 0.438. The van der Waals surface area contributed by atoms with E-state index in [1.807, 2.05) is 4.57 Å². The van der Waals surface area contributed by atoms with Crippen molar-refractivity contribution in [1.82, 2.24) is 19.7 Å². The van der Waals surface area contributed by atoms with Crippen LogP contribution in [0.1, 0.15) is 18.1 Å². The lowest BCUT2D eigenvalue weighted by atomic mass is 10.1. The van der Waals surface area contributed by atoms with Gasteiger partial charge in [0.25, 0.3) is 0 Å². The molecular weight excluding hydrogens is 360 g/mol. The molecule has 1 aromatic carbocycles. The number of fused-ring (bicyclic) bond motifs is 1. The Morgan fingerprint density at radius 2 is 1.88 bits per heavy atom. The quantitative estimate of drug-likeness (QED) is 0.630. The molecule has 1 atom stereocenters. The lowest BCUT2D eigenvalue weighted by Crippen LogP contribution is -2.18. The number of aromatic nitrogens is 4. The number of imidazole rings is 1. The lowest BCUT2D eigenvalue weighted by molar-refractivity contribution is 0.179. The minimum absolute atomic E-state index is 0.458. The Bertz CT molecular complexity index is 830. The van der Waals surface area contributed by atoms with E-state index in [0.29, 0.717) is 12.3 Å². The number of aliphatic hydroxyl groups excluding tert-OH is 1. The Morgan fingerprint density at radius 3 is 2.62 bits per heavy atom. The Balaban J connectivity index is 1.62. The highest BCUT2D eigenvalue weighted by Crippen LogP contribution is 2.29. The summed E-state index contributed by atoms with van der Waals surface area (Å²) in [7, 11) is 0. The second-order valence-electron chi connectivity index (χ2n) is 5.55. The van der Waals surface area contributed by atoms with Crippen molar-refractivity contribution in [3.8, 4) is 0 Å². The van der Waals surface area contributed by atoms with Crippen LogP contribution in [0.15, 0.2) is 27.1 Å². The molecule has 0 fully saturated rings. The molecule has 5 nitrogen and oxygen atoms in total. The van der Waals surface area contributed by atoms with E-state index in [0.717, 1.165) is 25.5 Å². The van der Waals surface area contributed by atoms with Gasteiger partial charge in [-0.2, -0.15) is 0 Å². The highest BCUT2D eigenvalue weighted by Gasteiger charge is 2.12.